The van der Waals surface area contributed by atoms with Gasteiger partial charge in [0.25, 0.3) is 0 Å². The minimum absolute atomic E-state index is 0.0383. The van der Waals surface area contributed by atoms with E-state index in [-0.39, 0.29) is 5.78 Å². The largest absolute Gasteiger partial charge is 0.379 e. The van der Waals surface area contributed by atoms with Crippen molar-refractivity contribution in [1.82, 2.24) is 9.88 Å². The molecule has 1 aliphatic rings. The summed E-state index contributed by atoms with van der Waals surface area (Å²) >= 11 is 5.95. The van der Waals surface area contributed by atoms with E-state index in [1.807, 2.05) is 13.0 Å². The average Bonchev–Trinajstić information content (AvgIpc) is 2.41. The number of halogens is 1. The van der Waals surface area contributed by atoms with E-state index in [2.05, 4.69) is 9.88 Å². The van der Waals surface area contributed by atoms with Gasteiger partial charge in [-0.1, -0.05) is 18.5 Å². The number of pyridine rings is 1. The van der Waals surface area contributed by atoms with Gasteiger partial charge in [-0.05, 0) is 11.6 Å². The lowest BCUT2D eigenvalue weighted by atomic mass is 10.1. The molecule has 1 aromatic heterocycles. The maximum Gasteiger partial charge on any atom is 0.165 e. The predicted molar refractivity (Wildman–Crippen MR) is 70.0 cm³/mol. The van der Waals surface area contributed by atoms with Gasteiger partial charge in [0.2, 0.25) is 0 Å². The van der Waals surface area contributed by atoms with Gasteiger partial charge in [0.15, 0.2) is 5.78 Å². The summed E-state index contributed by atoms with van der Waals surface area (Å²) < 4.78 is 5.30. The van der Waals surface area contributed by atoms with Gasteiger partial charge in [0.1, 0.15) is 5.15 Å². The molecule has 0 atom stereocenters. The highest BCUT2D eigenvalue weighted by Crippen LogP contribution is 2.17. The monoisotopic (exact) mass is 268 g/mol. The number of aromatic nitrogens is 1. The van der Waals surface area contributed by atoms with Gasteiger partial charge in [-0.15, -0.1) is 0 Å². The first-order chi connectivity index (χ1) is 8.70. The van der Waals surface area contributed by atoms with Crippen molar-refractivity contribution in [3.63, 3.8) is 0 Å². The number of morpholine rings is 1. The fourth-order valence-electron chi connectivity index (χ4n) is 1.98. The Morgan fingerprint density at radius 3 is 2.89 bits per heavy atom. The Kier molecular flexibility index (Phi) is 4.69. The van der Waals surface area contributed by atoms with Crippen LogP contribution in [0.2, 0.25) is 5.15 Å². The smallest absolute Gasteiger partial charge is 0.165 e. The Hall–Kier alpha value is -0.970. The molecule has 2 rings (SSSR count). The van der Waals surface area contributed by atoms with Gasteiger partial charge in [-0.2, -0.15) is 0 Å². The third kappa shape index (κ3) is 3.28. The molecule has 1 aliphatic heterocycles. The minimum Gasteiger partial charge on any atom is -0.379 e. The van der Waals surface area contributed by atoms with Crippen molar-refractivity contribution in [2.75, 3.05) is 26.3 Å². The lowest BCUT2D eigenvalue weighted by molar-refractivity contribution is 0.0341. The number of ether oxygens (including phenoxy) is 1. The first-order valence-electron chi connectivity index (χ1n) is 6.18. The summed E-state index contributed by atoms with van der Waals surface area (Å²) in [5, 5.41) is 0.299. The molecule has 0 saturated carbocycles. The molecule has 0 aliphatic carbocycles. The summed E-state index contributed by atoms with van der Waals surface area (Å²) in [4.78, 5) is 18.1. The van der Waals surface area contributed by atoms with Crippen LogP contribution in [-0.2, 0) is 11.3 Å². The van der Waals surface area contributed by atoms with Gasteiger partial charge in [-0.3, -0.25) is 9.69 Å². The first-order valence-corrected chi connectivity index (χ1v) is 6.56. The first kappa shape index (κ1) is 13.5. The van der Waals surface area contributed by atoms with Crippen LogP contribution in [0.1, 0.15) is 29.3 Å². The third-order valence-corrected chi connectivity index (χ3v) is 3.33. The molecule has 98 valence electrons. The lowest BCUT2D eigenvalue weighted by Crippen LogP contribution is -2.35. The van der Waals surface area contributed by atoms with Crippen LogP contribution in [0.15, 0.2) is 12.3 Å². The fraction of sp³-hybridized carbons (Fsp3) is 0.538. The highest BCUT2D eigenvalue weighted by atomic mass is 35.5. The van der Waals surface area contributed by atoms with Crippen LogP contribution in [0.25, 0.3) is 0 Å². The van der Waals surface area contributed by atoms with Crippen LogP contribution in [0.4, 0.5) is 0 Å². The number of ketones is 1. The van der Waals surface area contributed by atoms with Crippen LogP contribution < -0.4 is 0 Å². The Labute approximate surface area is 112 Å². The number of rotatable bonds is 4. The normalized spacial score (nSPS) is 16.8. The van der Waals surface area contributed by atoms with E-state index >= 15 is 0 Å². The highest BCUT2D eigenvalue weighted by molar-refractivity contribution is 6.32. The van der Waals surface area contributed by atoms with Gasteiger partial charge in [0.05, 0.1) is 18.8 Å². The summed E-state index contributed by atoms with van der Waals surface area (Å²) in [7, 11) is 0. The second-order valence-corrected chi connectivity index (χ2v) is 4.71. The number of Topliss-reactive ketones (excluding diaryl/α,β-unsaturated/α-hetero) is 1. The number of hydrogen-bond acceptors (Lipinski definition) is 4. The molecule has 0 unspecified atom stereocenters. The van der Waals surface area contributed by atoms with Crippen molar-refractivity contribution in [2.45, 2.75) is 19.9 Å². The zero-order valence-electron chi connectivity index (χ0n) is 10.5. The summed E-state index contributed by atoms with van der Waals surface area (Å²) in [5.41, 5.74) is 1.56. The van der Waals surface area contributed by atoms with Crippen LogP contribution >= 0.6 is 11.6 Å². The molecule has 18 heavy (non-hydrogen) atoms. The standard InChI is InChI=1S/C13H17ClN2O2/c1-2-12(17)11-7-10(8-15-13(11)14)9-16-3-5-18-6-4-16/h7-8H,2-6,9H2,1H3. The van der Waals surface area contributed by atoms with Crippen molar-refractivity contribution in [3.8, 4) is 0 Å². The Balaban J connectivity index is 2.11. The van der Waals surface area contributed by atoms with E-state index in [9.17, 15) is 4.79 Å². The molecule has 5 heteroatoms. The maximum atomic E-state index is 11.7. The molecule has 0 amide bonds. The van der Waals surface area contributed by atoms with Gasteiger partial charge >= 0.3 is 0 Å². The van der Waals surface area contributed by atoms with Crippen LogP contribution in [0.3, 0.4) is 0 Å². The zero-order valence-corrected chi connectivity index (χ0v) is 11.2. The Bertz CT molecular complexity index is 431. The Morgan fingerprint density at radius 1 is 1.50 bits per heavy atom. The van der Waals surface area contributed by atoms with E-state index in [1.54, 1.807) is 6.20 Å². The van der Waals surface area contributed by atoms with Gasteiger partial charge in [-0.25, -0.2) is 4.98 Å². The van der Waals surface area contributed by atoms with Crippen molar-refractivity contribution < 1.29 is 9.53 Å². The summed E-state index contributed by atoms with van der Waals surface area (Å²) in [6.07, 6.45) is 2.19. The van der Waals surface area contributed by atoms with Crippen LogP contribution in [-0.4, -0.2) is 42.0 Å². The third-order valence-electron chi connectivity index (χ3n) is 3.03. The van der Waals surface area contributed by atoms with Crippen LogP contribution in [0.5, 0.6) is 0 Å². The molecule has 1 aromatic rings. The topological polar surface area (TPSA) is 42.4 Å². The SMILES string of the molecule is CCC(=O)c1cc(CN2CCOCC2)cnc1Cl. The molecule has 0 radical (unpaired) electrons. The quantitative estimate of drug-likeness (QED) is 0.620. The van der Waals surface area contributed by atoms with E-state index < -0.39 is 0 Å². The maximum absolute atomic E-state index is 11.7. The van der Waals surface area contributed by atoms with E-state index in [1.165, 1.54) is 0 Å². The van der Waals surface area contributed by atoms with Crippen molar-refractivity contribution in [3.05, 3.63) is 28.5 Å². The zero-order chi connectivity index (χ0) is 13.0. The highest BCUT2D eigenvalue weighted by Gasteiger charge is 2.14. The summed E-state index contributed by atoms with van der Waals surface area (Å²) in [5.74, 6) is 0.0383. The number of nitrogens with zero attached hydrogens (tertiary/aromatic N) is 2. The molecule has 0 aromatic carbocycles. The molecule has 0 spiro atoms. The lowest BCUT2D eigenvalue weighted by Gasteiger charge is -2.26. The molecule has 2 heterocycles. The van der Waals surface area contributed by atoms with E-state index in [0.717, 1.165) is 38.4 Å². The second kappa shape index (κ2) is 6.27. The molecule has 0 bridgehead atoms. The van der Waals surface area contributed by atoms with Gasteiger partial charge < -0.3 is 4.74 Å². The molecule has 0 N–H and O–H groups in total. The number of carbonyl (C=O) groups excluding carboxylic acids is 1. The Morgan fingerprint density at radius 2 is 2.22 bits per heavy atom. The van der Waals surface area contributed by atoms with Crippen molar-refractivity contribution in [2.24, 2.45) is 0 Å². The number of carbonyl (C=O) groups is 1. The van der Waals surface area contributed by atoms with Crippen molar-refractivity contribution in [1.29, 1.82) is 0 Å². The molecular formula is C13H17ClN2O2. The summed E-state index contributed by atoms with van der Waals surface area (Å²) in [6.45, 7) is 5.98. The predicted octanol–water partition coefficient (Wildman–Crippen LogP) is 2.16. The number of hydrogen-bond donors (Lipinski definition) is 0. The van der Waals surface area contributed by atoms with Gasteiger partial charge in [0, 0.05) is 32.3 Å². The fourth-order valence-corrected chi connectivity index (χ4v) is 2.19. The molecular weight excluding hydrogens is 252 g/mol. The summed E-state index contributed by atoms with van der Waals surface area (Å²) in [6, 6.07) is 1.86. The molecule has 4 nitrogen and oxygen atoms in total. The second-order valence-electron chi connectivity index (χ2n) is 4.35. The van der Waals surface area contributed by atoms with Crippen LogP contribution in [0, 0.1) is 0 Å². The average molecular weight is 269 g/mol. The minimum atomic E-state index is 0.0383. The van der Waals surface area contributed by atoms with E-state index in [4.69, 9.17) is 16.3 Å². The van der Waals surface area contributed by atoms with Crippen molar-refractivity contribution >= 4 is 17.4 Å². The molecule has 1 saturated heterocycles. The van der Waals surface area contributed by atoms with E-state index in [0.29, 0.717) is 17.1 Å². The molecule has 1 fully saturated rings.